The summed E-state index contributed by atoms with van der Waals surface area (Å²) >= 11 is 2.86. The van der Waals surface area contributed by atoms with Crippen LogP contribution in [0.15, 0.2) is 35.5 Å². The van der Waals surface area contributed by atoms with Gasteiger partial charge in [0.05, 0.1) is 11.3 Å². The number of nitriles is 1. The number of rotatable bonds is 7. The van der Waals surface area contributed by atoms with Gasteiger partial charge in [-0.2, -0.15) is 5.26 Å². The highest BCUT2D eigenvalue weighted by Crippen LogP contribution is 2.37. The molecule has 0 bridgehead atoms. The number of para-hydroxylation sites is 1. The van der Waals surface area contributed by atoms with Crippen molar-refractivity contribution in [2.24, 2.45) is 7.05 Å². The highest BCUT2D eigenvalue weighted by Gasteiger charge is 2.21. The van der Waals surface area contributed by atoms with Gasteiger partial charge in [-0.1, -0.05) is 36.4 Å². The van der Waals surface area contributed by atoms with E-state index in [0.717, 1.165) is 37.0 Å². The number of carbonyl (C=O) groups excluding carboxylic acids is 1. The Labute approximate surface area is 189 Å². The number of thiophene rings is 1. The molecule has 2 heterocycles. The number of nitrogens with one attached hydrogen (secondary N) is 1. The molecule has 0 aliphatic heterocycles. The molecule has 160 valence electrons. The van der Waals surface area contributed by atoms with E-state index in [1.54, 1.807) is 11.3 Å². The van der Waals surface area contributed by atoms with E-state index in [-0.39, 0.29) is 11.7 Å². The minimum Gasteiger partial charge on any atom is -0.486 e. The number of hydrogen-bond donors (Lipinski definition) is 1. The summed E-state index contributed by atoms with van der Waals surface area (Å²) in [5.41, 5.74) is 1.77. The van der Waals surface area contributed by atoms with E-state index in [1.807, 2.05) is 41.9 Å². The summed E-state index contributed by atoms with van der Waals surface area (Å²) in [6, 6.07) is 11.8. The smallest absolute Gasteiger partial charge is 0.235 e. The second-order valence-corrected chi connectivity index (χ2v) is 9.32. The predicted molar refractivity (Wildman–Crippen MR) is 121 cm³/mol. The Kier molecular flexibility index (Phi) is 6.89. The molecule has 7 nitrogen and oxygen atoms in total. The lowest BCUT2D eigenvalue weighted by Gasteiger charge is -2.06. The van der Waals surface area contributed by atoms with Crippen LogP contribution in [0.5, 0.6) is 5.75 Å². The summed E-state index contributed by atoms with van der Waals surface area (Å²) in [6.07, 6.45) is 5.35. The Hall–Kier alpha value is -2.83. The second kappa shape index (κ2) is 9.98. The number of ether oxygens (including phenoxy) is 1. The molecule has 0 atom stereocenters. The fourth-order valence-corrected chi connectivity index (χ4v) is 5.49. The summed E-state index contributed by atoms with van der Waals surface area (Å²) in [7, 11) is 1.86. The molecule has 1 aliphatic carbocycles. The van der Waals surface area contributed by atoms with Gasteiger partial charge in [-0.3, -0.25) is 4.79 Å². The molecule has 0 spiro atoms. The van der Waals surface area contributed by atoms with Gasteiger partial charge in [-0.25, -0.2) is 0 Å². The molecule has 0 saturated carbocycles. The van der Waals surface area contributed by atoms with Crippen molar-refractivity contribution in [2.75, 3.05) is 11.1 Å². The van der Waals surface area contributed by atoms with E-state index in [0.29, 0.717) is 28.2 Å². The Bertz CT molecular complexity index is 1100. The maximum atomic E-state index is 12.5. The third-order valence-electron chi connectivity index (χ3n) is 5.15. The molecule has 31 heavy (non-hydrogen) atoms. The van der Waals surface area contributed by atoms with Crippen molar-refractivity contribution in [3.63, 3.8) is 0 Å². The van der Waals surface area contributed by atoms with Crippen LogP contribution < -0.4 is 10.1 Å². The van der Waals surface area contributed by atoms with E-state index in [9.17, 15) is 10.1 Å². The number of carbonyl (C=O) groups is 1. The second-order valence-electron chi connectivity index (χ2n) is 7.28. The van der Waals surface area contributed by atoms with E-state index in [1.165, 1.54) is 23.1 Å². The minimum absolute atomic E-state index is 0.150. The average Bonchev–Trinajstić information content (AvgIpc) is 3.20. The van der Waals surface area contributed by atoms with Crippen LogP contribution in [0.2, 0.25) is 0 Å². The van der Waals surface area contributed by atoms with Crippen LogP contribution in [-0.4, -0.2) is 26.4 Å². The number of anilines is 1. The first-order valence-corrected chi connectivity index (χ1v) is 12.0. The lowest BCUT2D eigenvalue weighted by atomic mass is 10.1. The quantitative estimate of drug-likeness (QED) is 0.423. The lowest BCUT2D eigenvalue weighted by molar-refractivity contribution is -0.113. The van der Waals surface area contributed by atoms with Gasteiger partial charge in [0.1, 0.15) is 23.4 Å². The molecule has 9 heteroatoms. The van der Waals surface area contributed by atoms with Gasteiger partial charge in [0.25, 0.3) is 0 Å². The van der Waals surface area contributed by atoms with Crippen molar-refractivity contribution >= 4 is 34.0 Å². The van der Waals surface area contributed by atoms with Gasteiger partial charge in [-0.05, 0) is 43.4 Å². The van der Waals surface area contributed by atoms with Crippen LogP contribution in [0, 0.1) is 11.3 Å². The molecular weight excluding hydrogens is 430 g/mol. The van der Waals surface area contributed by atoms with Gasteiger partial charge in [0.15, 0.2) is 11.0 Å². The number of thioether (sulfide) groups is 1. The first kappa shape index (κ1) is 21.4. The number of aryl methyl sites for hydroxylation is 1. The Morgan fingerprint density at radius 1 is 1.26 bits per heavy atom. The zero-order valence-electron chi connectivity index (χ0n) is 17.3. The number of hydrogen-bond acceptors (Lipinski definition) is 7. The van der Waals surface area contributed by atoms with Crippen molar-refractivity contribution < 1.29 is 9.53 Å². The fourth-order valence-electron chi connectivity index (χ4n) is 3.50. The highest BCUT2D eigenvalue weighted by atomic mass is 32.2. The van der Waals surface area contributed by atoms with E-state index in [2.05, 4.69) is 21.6 Å². The topological polar surface area (TPSA) is 92.8 Å². The van der Waals surface area contributed by atoms with Crippen LogP contribution in [0.4, 0.5) is 5.00 Å². The Balaban J connectivity index is 1.34. The first-order valence-electron chi connectivity index (χ1n) is 10.2. The minimum atomic E-state index is -0.150. The zero-order valence-corrected chi connectivity index (χ0v) is 18.9. The van der Waals surface area contributed by atoms with Crippen molar-refractivity contribution in [3.8, 4) is 11.8 Å². The molecule has 0 unspecified atom stereocenters. The number of nitrogens with zero attached hydrogens (tertiary/aromatic N) is 4. The van der Waals surface area contributed by atoms with Crippen LogP contribution in [-0.2, 0) is 31.3 Å². The van der Waals surface area contributed by atoms with Gasteiger partial charge >= 0.3 is 0 Å². The number of benzene rings is 1. The summed E-state index contributed by atoms with van der Waals surface area (Å²) in [5, 5.41) is 22.2. The van der Waals surface area contributed by atoms with Gasteiger partial charge < -0.3 is 14.6 Å². The van der Waals surface area contributed by atoms with Crippen LogP contribution in [0.3, 0.4) is 0 Å². The van der Waals surface area contributed by atoms with Gasteiger partial charge in [0.2, 0.25) is 5.91 Å². The van der Waals surface area contributed by atoms with Crippen molar-refractivity contribution in [3.05, 3.63) is 52.2 Å². The normalized spacial score (nSPS) is 13.2. The number of aromatic nitrogens is 3. The van der Waals surface area contributed by atoms with Crippen LogP contribution in [0.25, 0.3) is 0 Å². The molecular formula is C22H23N5O2S2. The summed E-state index contributed by atoms with van der Waals surface area (Å²) in [4.78, 5) is 13.8. The summed E-state index contributed by atoms with van der Waals surface area (Å²) in [5.74, 6) is 1.49. The maximum Gasteiger partial charge on any atom is 0.235 e. The predicted octanol–water partition coefficient (Wildman–Crippen LogP) is 4.33. The molecule has 0 saturated heterocycles. The molecule has 1 aliphatic rings. The standard InChI is InChI=1S/C22H23N5O2S2/c1-27-19(13-29-15-8-4-2-5-9-15)25-26-22(27)30-14-20(28)24-21-17(12-23)16-10-6-3-7-11-18(16)31-21/h2,4-5,8-9H,3,6-7,10-11,13-14H2,1H3,(H,24,28). The maximum absolute atomic E-state index is 12.5. The van der Waals surface area contributed by atoms with Crippen molar-refractivity contribution in [2.45, 2.75) is 43.9 Å². The average molecular weight is 454 g/mol. The van der Waals surface area contributed by atoms with Gasteiger partial charge in [0, 0.05) is 11.9 Å². The Morgan fingerprint density at radius 2 is 2.06 bits per heavy atom. The molecule has 2 aromatic heterocycles. The SMILES string of the molecule is Cn1c(COc2ccccc2)nnc1SCC(=O)Nc1sc2c(c1C#N)CCCCC2. The van der Waals surface area contributed by atoms with E-state index < -0.39 is 0 Å². The molecule has 0 radical (unpaired) electrons. The third kappa shape index (κ3) is 5.09. The monoisotopic (exact) mass is 453 g/mol. The van der Waals surface area contributed by atoms with Crippen LogP contribution >= 0.6 is 23.1 Å². The van der Waals surface area contributed by atoms with E-state index in [4.69, 9.17) is 4.74 Å². The molecule has 1 amide bonds. The van der Waals surface area contributed by atoms with Crippen molar-refractivity contribution in [1.29, 1.82) is 5.26 Å². The first-order chi connectivity index (χ1) is 15.2. The van der Waals surface area contributed by atoms with Gasteiger partial charge in [-0.15, -0.1) is 21.5 Å². The summed E-state index contributed by atoms with van der Waals surface area (Å²) < 4.78 is 7.55. The summed E-state index contributed by atoms with van der Waals surface area (Å²) in [6.45, 7) is 0.298. The number of amides is 1. The highest BCUT2D eigenvalue weighted by molar-refractivity contribution is 7.99. The van der Waals surface area contributed by atoms with Crippen molar-refractivity contribution in [1.82, 2.24) is 14.8 Å². The van der Waals surface area contributed by atoms with Crippen LogP contribution in [0.1, 0.15) is 41.1 Å². The fraction of sp³-hybridized carbons (Fsp3) is 0.364. The zero-order chi connectivity index (χ0) is 21.6. The number of fused-ring (bicyclic) bond motifs is 1. The molecule has 1 aromatic carbocycles. The van der Waals surface area contributed by atoms with E-state index >= 15 is 0 Å². The largest absolute Gasteiger partial charge is 0.486 e. The lowest BCUT2D eigenvalue weighted by Crippen LogP contribution is -2.14. The molecule has 3 aromatic rings. The Morgan fingerprint density at radius 3 is 2.87 bits per heavy atom. The molecule has 0 fully saturated rings. The third-order valence-corrected chi connectivity index (χ3v) is 7.38. The molecule has 4 rings (SSSR count). The molecule has 1 N–H and O–H groups in total.